The predicted molar refractivity (Wildman–Crippen MR) is 69.1 cm³/mol. The van der Waals surface area contributed by atoms with Crippen LogP contribution >= 0.6 is 11.6 Å². The summed E-state index contributed by atoms with van der Waals surface area (Å²) in [6.45, 7) is 0.664. The molecule has 0 spiro atoms. The molecular weight excluding hydrogens is 270 g/mol. The summed E-state index contributed by atoms with van der Waals surface area (Å²) >= 11 is 6.17. The highest BCUT2D eigenvalue weighted by Crippen LogP contribution is 2.37. The Kier molecular flexibility index (Phi) is 3.78. The number of hydrogen-bond acceptors (Lipinski definition) is 4. The second kappa shape index (κ2) is 5.19. The Bertz CT molecular complexity index is 523. The first-order valence-electron chi connectivity index (χ1n) is 5.77. The van der Waals surface area contributed by atoms with Gasteiger partial charge in [0.1, 0.15) is 5.41 Å². The average molecular weight is 284 g/mol. The average Bonchev–Trinajstić information content (AvgIpc) is 2.88. The number of rotatable bonds is 3. The highest BCUT2D eigenvalue weighted by Gasteiger charge is 2.43. The second-order valence-corrected chi connectivity index (χ2v) is 4.84. The Balaban J connectivity index is 2.45. The van der Waals surface area contributed by atoms with Crippen LogP contribution in [0.4, 0.5) is 0 Å². The maximum atomic E-state index is 11.7. The highest BCUT2D eigenvalue weighted by atomic mass is 35.5. The first-order valence-corrected chi connectivity index (χ1v) is 6.15. The largest absolute Gasteiger partial charge is 0.465 e. The lowest BCUT2D eigenvalue weighted by Gasteiger charge is -2.25. The van der Waals surface area contributed by atoms with Crippen molar-refractivity contribution in [1.82, 2.24) is 0 Å². The lowest BCUT2D eigenvalue weighted by molar-refractivity contribution is -0.123. The zero-order valence-electron chi connectivity index (χ0n) is 10.4. The molecule has 1 aromatic carbocycles. The molecule has 1 amide bonds. The van der Waals surface area contributed by atoms with Crippen molar-refractivity contribution in [1.29, 1.82) is 0 Å². The Morgan fingerprint density at radius 2 is 2.21 bits per heavy atom. The van der Waals surface area contributed by atoms with E-state index >= 15 is 0 Å². The van der Waals surface area contributed by atoms with Crippen molar-refractivity contribution in [2.24, 2.45) is 5.73 Å². The van der Waals surface area contributed by atoms with Gasteiger partial charge >= 0.3 is 5.97 Å². The van der Waals surface area contributed by atoms with E-state index in [0.29, 0.717) is 29.2 Å². The molecule has 6 heteroatoms. The molecular formula is C13H14ClNO4. The molecule has 5 nitrogen and oxygen atoms in total. The lowest BCUT2D eigenvalue weighted by Crippen LogP contribution is -2.42. The van der Waals surface area contributed by atoms with Crippen molar-refractivity contribution in [3.05, 3.63) is 34.3 Å². The van der Waals surface area contributed by atoms with E-state index in [9.17, 15) is 9.59 Å². The van der Waals surface area contributed by atoms with Crippen LogP contribution in [0, 0.1) is 0 Å². The number of benzene rings is 1. The number of carbonyl (C=O) groups is 2. The van der Waals surface area contributed by atoms with Crippen LogP contribution in [0.5, 0.6) is 0 Å². The van der Waals surface area contributed by atoms with E-state index in [1.54, 1.807) is 12.1 Å². The monoisotopic (exact) mass is 283 g/mol. The third kappa shape index (κ3) is 2.31. The van der Waals surface area contributed by atoms with Crippen LogP contribution in [-0.4, -0.2) is 32.2 Å². The predicted octanol–water partition coefficient (Wildman–Crippen LogP) is 1.27. The van der Waals surface area contributed by atoms with Crippen molar-refractivity contribution >= 4 is 23.5 Å². The summed E-state index contributed by atoms with van der Waals surface area (Å²) in [5, 5.41) is 0.312. The molecule has 0 saturated carbocycles. The lowest BCUT2D eigenvalue weighted by atomic mass is 9.79. The molecule has 1 aromatic rings. The van der Waals surface area contributed by atoms with E-state index in [-0.39, 0.29) is 6.61 Å². The Morgan fingerprint density at radius 1 is 1.47 bits per heavy atom. The molecule has 0 radical (unpaired) electrons. The maximum Gasteiger partial charge on any atom is 0.337 e. The molecule has 102 valence electrons. The van der Waals surface area contributed by atoms with E-state index in [4.69, 9.17) is 22.1 Å². The SMILES string of the molecule is COC(=O)c1ccc(C2(C(N)=O)CCOC2)c(Cl)c1. The van der Waals surface area contributed by atoms with Gasteiger partial charge in [-0.1, -0.05) is 17.7 Å². The maximum absolute atomic E-state index is 11.7. The summed E-state index contributed by atoms with van der Waals surface area (Å²) < 4.78 is 9.89. The number of hydrogen-bond donors (Lipinski definition) is 1. The molecule has 1 heterocycles. The first-order chi connectivity index (χ1) is 9.01. The number of esters is 1. The van der Waals surface area contributed by atoms with Crippen molar-refractivity contribution in [3.8, 4) is 0 Å². The fraction of sp³-hybridized carbons (Fsp3) is 0.385. The van der Waals surface area contributed by atoms with Crippen molar-refractivity contribution in [2.45, 2.75) is 11.8 Å². The molecule has 2 N–H and O–H groups in total. The van der Waals surface area contributed by atoms with Gasteiger partial charge < -0.3 is 15.2 Å². The Labute approximate surface area is 115 Å². The summed E-state index contributed by atoms with van der Waals surface area (Å²) in [7, 11) is 1.29. The van der Waals surface area contributed by atoms with Crippen LogP contribution in [0.1, 0.15) is 22.3 Å². The van der Waals surface area contributed by atoms with Gasteiger partial charge in [-0.15, -0.1) is 0 Å². The molecule has 19 heavy (non-hydrogen) atoms. The van der Waals surface area contributed by atoms with E-state index in [0.717, 1.165) is 0 Å². The second-order valence-electron chi connectivity index (χ2n) is 4.44. The number of methoxy groups -OCH3 is 1. The number of amides is 1. The zero-order chi connectivity index (χ0) is 14.0. The molecule has 0 aliphatic carbocycles. The van der Waals surface area contributed by atoms with Gasteiger partial charge in [0.05, 0.1) is 19.3 Å². The van der Waals surface area contributed by atoms with E-state index in [1.807, 2.05) is 0 Å². The minimum absolute atomic E-state index is 0.208. The molecule has 2 rings (SSSR count). The summed E-state index contributed by atoms with van der Waals surface area (Å²) in [6, 6.07) is 4.68. The standard InChI is InChI=1S/C13H14ClNO4/c1-18-11(16)8-2-3-9(10(14)6-8)13(12(15)17)4-5-19-7-13/h2-3,6H,4-5,7H2,1H3,(H2,15,17). The number of halogens is 1. The van der Waals surface area contributed by atoms with Gasteiger partial charge in [0, 0.05) is 11.6 Å². The van der Waals surface area contributed by atoms with Crippen LogP contribution < -0.4 is 5.73 Å². The molecule has 1 unspecified atom stereocenters. The normalized spacial score (nSPS) is 22.2. The minimum atomic E-state index is -0.911. The fourth-order valence-electron chi connectivity index (χ4n) is 2.25. The van der Waals surface area contributed by atoms with E-state index in [1.165, 1.54) is 13.2 Å². The number of carbonyl (C=O) groups excluding carboxylic acids is 2. The van der Waals surface area contributed by atoms with Gasteiger partial charge in [-0.05, 0) is 24.1 Å². The minimum Gasteiger partial charge on any atom is -0.465 e. The van der Waals surface area contributed by atoms with E-state index in [2.05, 4.69) is 4.74 Å². The van der Waals surface area contributed by atoms with Gasteiger partial charge in [-0.2, -0.15) is 0 Å². The number of nitrogens with two attached hydrogens (primary N) is 1. The Hall–Kier alpha value is -1.59. The van der Waals surface area contributed by atoms with Crippen LogP contribution in [0.15, 0.2) is 18.2 Å². The summed E-state index contributed by atoms with van der Waals surface area (Å²) in [6.07, 6.45) is 0.486. The van der Waals surface area contributed by atoms with Crippen LogP contribution in [0.2, 0.25) is 5.02 Å². The number of ether oxygens (including phenoxy) is 2. The summed E-state index contributed by atoms with van der Waals surface area (Å²) in [5.74, 6) is -0.957. The smallest absolute Gasteiger partial charge is 0.337 e. The summed E-state index contributed by atoms with van der Waals surface area (Å²) in [4.78, 5) is 23.2. The van der Waals surface area contributed by atoms with Gasteiger partial charge in [-0.3, -0.25) is 4.79 Å². The molecule has 1 atom stereocenters. The third-order valence-corrected chi connectivity index (χ3v) is 3.71. The molecule has 1 aliphatic heterocycles. The van der Waals surface area contributed by atoms with Crippen LogP contribution in [0.25, 0.3) is 0 Å². The van der Waals surface area contributed by atoms with Gasteiger partial charge in [0.25, 0.3) is 0 Å². The molecule has 0 aromatic heterocycles. The first kappa shape index (κ1) is 13.8. The van der Waals surface area contributed by atoms with Crippen molar-refractivity contribution < 1.29 is 19.1 Å². The fourth-order valence-corrected chi connectivity index (χ4v) is 2.61. The van der Waals surface area contributed by atoms with Crippen molar-refractivity contribution in [2.75, 3.05) is 20.3 Å². The van der Waals surface area contributed by atoms with Gasteiger partial charge in [0.2, 0.25) is 5.91 Å². The van der Waals surface area contributed by atoms with Crippen molar-refractivity contribution in [3.63, 3.8) is 0 Å². The van der Waals surface area contributed by atoms with Crippen LogP contribution in [0.3, 0.4) is 0 Å². The van der Waals surface area contributed by atoms with E-state index < -0.39 is 17.3 Å². The molecule has 0 bridgehead atoms. The zero-order valence-corrected chi connectivity index (χ0v) is 11.2. The van der Waals surface area contributed by atoms with Crippen LogP contribution in [-0.2, 0) is 19.7 Å². The summed E-state index contributed by atoms with van der Waals surface area (Å²) in [5.41, 5.74) is 5.50. The molecule has 1 aliphatic rings. The number of primary amides is 1. The third-order valence-electron chi connectivity index (χ3n) is 3.40. The molecule has 1 saturated heterocycles. The topological polar surface area (TPSA) is 78.6 Å². The quantitative estimate of drug-likeness (QED) is 0.847. The van der Waals surface area contributed by atoms with Gasteiger partial charge in [0.15, 0.2) is 0 Å². The van der Waals surface area contributed by atoms with Gasteiger partial charge in [-0.25, -0.2) is 4.79 Å². The Morgan fingerprint density at radius 3 is 2.68 bits per heavy atom. The molecule has 1 fully saturated rings. The highest BCUT2D eigenvalue weighted by molar-refractivity contribution is 6.32.